The van der Waals surface area contributed by atoms with E-state index >= 15 is 0 Å². The van der Waals surface area contributed by atoms with Gasteiger partial charge in [-0.05, 0) is 36.8 Å². The number of aromatic nitrogens is 7. The summed E-state index contributed by atoms with van der Waals surface area (Å²) in [6, 6.07) is 7.52. The fourth-order valence-electron chi connectivity index (χ4n) is 4.36. The number of benzene rings is 1. The van der Waals surface area contributed by atoms with Gasteiger partial charge in [-0.2, -0.15) is 5.10 Å². The molecule has 0 saturated heterocycles. The highest BCUT2D eigenvalue weighted by Gasteiger charge is 2.27. The van der Waals surface area contributed by atoms with Gasteiger partial charge < -0.3 is 10.5 Å². The van der Waals surface area contributed by atoms with E-state index in [4.69, 9.17) is 20.6 Å². The average Bonchev–Trinajstić information content (AvgIpc) is 3.54. The zero-order valence-corrected chi connectivity index (χ0v) is 20.8. The molecule has 10 nitrogen and oxygen atoms in total. The van der Waals surface area contributed by atoms with Gasteiger partial charge in [-0.3, -0.25) is 9.20 Å². The van der Waals surface area contributed by atoms with Gasteiger partial charge in [0.15, 0.2) is 5.65 Å². The van der Waals surface area contributed by atoms with Crippen LogP contribution in [0.1, 0.15) is 18.7 Å². The molecule has 13 heteroatoms. The Bertz CT molecular complexity index is 1920. The molecule has 1 aromatic carbocycles. The van der Waals surface area contributed by atoms with Crippen molar-refractivity contribution in [3.63, 3.8) is 0 Å². The minimum atomic E-state index is -0.684. The molecule has 0 saturated carbocycles. The summed E-state index contributed by atoms with van der Waals surface area (Å²) >= 11 is 1.27. The quantitative estimate of drug-likeness (QED) is 0.352. The smallest absolute Gasteiger partial charge is 0.273 e. The van der Waals surface area contributed by atoms with Crippen LogP contribution in [0.25, 0.3) is 38.4 Å². The highest BCUT2D eigenvalue weighted by atomic mass is 32.1. The molecule has 0 spiro atoms. The summed E-state index contributed by atoms with van der Waals surface area (Å²) in [6.45, 7) is 1.78. The molecule has 1 atom stereocenters. The first kappa shape index (κ1) is 23.6. The molecule has 190 valence electrons. The lowest BCUT2D eigenvalue weighted by Gasteiger charge is -2.18. The van der Waals surface area contributed by atoms with E-state index in [9.17, 15) is 13.6 Å². The summed E-state index contributed by atoms with van der Waals surface area (Å²) in [6.07, 6.45) is 3.98. The molecule has 6 rings (SSSR count). The molecule has 0 aliphatic rings. The number of fused-ring (bicyclic) bond motifs is 2. The molecular weight excluding hydrogens is 514 g/mol. The second-order valence-corrected chi connectivity index (χ2v) is 9.38. The lowest BCUT2D eigenvalue weighted by Crippen LogP contribution is -2.23. The van der Waals surface area contributed by atoms with Crippen molar-refractivity contribution in [2.45, 2.75) is 13.0 Å². The van der Waals surface area contributed by atoms with Crippen LogP contribution >= 0.6 is 11.3 Å². The third-order valence-corrected chi connectivity index (χ3v) is 7.07. The van der Waals surface area contributed by atoms with Crippen molar-refractivity contribution in [1.29, 1.82) is 0 Å². The first-order chi connectivity index (χ1) is 18.4. The Balaban J connectivity index is 1.64. The second kappa shape index (κ2) is 8.95. The number of hydrogen-bond donors (Lipinski definition) is 1. The first-order valence-electron chi connectivity index (χ1n) is 11.3. The van der Waals surface area contributed by atoms with Gasteiger partial charge in [0.2, 0.25) is 0 Å². The van der Waals surface area contributed by atoms with Gasteiger partial charge in [-0.25, -0.2) is 33.4 Å². The number of nitrogens with two attached hydrogens (primary N) is 1. The standard InChI is InChI=1S/C25H18F2N8O2S/c1-12(35-23-19(22(28)30-11-31-23)21(33-35)16-9-29-25(37-2)38-16)20-18(13-4-3-5-14(26)8-13)24(36)34-10-15(27)6-7-17(34)32-20/h3-12H,1-2H3,(H2,28,30,31). The highest BCUT2D eigenvalue weighted by molar-refractivity contribution is 7.16. The number of ether oxygens (including phenoxy) is 1. The van der Waals surface area contributed by atoms with E-state index in [1.807, 2.05) is 0 Å². The fraction of sp³-hybridized carbons (Fsp3) is 0.120. The van der Waals surface area contributed by atoms with Gasteiger partial charge in [0.1, 0.15) is 35.1 Å². The largest absolute Gasteiger partial charge is 0.473 e. The second-order valence-electron chi connectivity index (χ2n) is 8.38. The summed E-state index contributed by atoms with van der Waals surface area (Å²) in [5.74, 6) is -0.929. The van der Waals surface area contributed by atoms with Crippen molar-refractivity contribution >= 4 is 33.8 Å². The van der Waals surface area contributed by atoms with Crippen LogP contribution in [-0.4, -0.2) is 41.2 Å². The predicted molar refractivity (Wildman–Crippen MR) is 138 cm³/mol. The molecule has 1 unspecified atom stereocenters. The van der Waals surface area contributed by atoms with Gasteiger partial charge >= 0.3 is 0 Å². The van der Waals surface area contributed by atoms with Crippen LogP contribution < -0.4 is 16.0 Å². The van der Waals surface area contributed by atoms with E-state index in [2.05, 4.69) is 15.0 Å². The molecule has 0 bridgehead atoms. The van der Waals surface area contributed by atoms with Gasteiger partial charge in [-0.1, -0.05) is 23.5 Å². The van der Waals surface area contributed by atoms with E-state index in [-0.39, 0.29) is 17.0 Å². The number of halogens is 2. The lowest BCUT2D eigenvalue weighted by molar-refractivity contribution is 0.412. The minimum absolute atomic E-state index is 0.104. The Morgan fingerprint density at radius 3 is 2.71 bits per heavy atom. The van der Waals surface area contributed by atoms with Crippen LogP contribution in [0.15, 0.2) is 59.9 Å². The van der Waals surface area contributed by atoms with Gasteiger partial charge in [0.05, 0.1) is 40.9 Å². The summed E-state index contributed by atoms with van der Waals surface area (Å²) in [4.78, 5) is 31.8. The number of methoxy groups -OCH3 is 1. The van der Waals surface area contributed by atoms with Crippen molar-refractivity contribution in [3.05, 3.63) is 82.8 Å². The Morgan fingerprint density at radius 2 is 1.95 bits per heavy atom. The molecule has 0 amide bonds. The normalized spacial score (nSPS) is 12.3. The number of pyridine rings is 1. The Morgan fingerprint density at radius 1 is 1.11 bits per heavy atom. The Labute approximate surface area is 217 Å². The number of nitrogens with zero attached hydrogens (tertiary/aromatic N) is 7. The van der Waals surface area contributed by atoms with Crippen LogP contribution in [0.4, 0.5) is 14.6 Å². The first-order valence-corrected chi connectivity index (χ1v) is 12.1. The van der Waals surface area contributed by atoms with Crippen LogP contribution in [0.2, 0.25) is 0 Å². The Kier molecular flexibility index (Phi) is 5.56. The minimum Gasteiger partial charge on any atom is -0.473 e. The summed E-state index contributed by atoms with van der Waals surface area (Å²) in [7, 11) is 1.52. The fourth-order valence-corrected chi connectivity index (χ4v) is 5.09. The molecule has 5 aromatic heterocycles. The van der Waals surface area contributed by atoms with Crippen molar-refractivity contribution in [1.82, 2.24) is 34.1 Å². The molecule has 0 aliphatic heterocycles. The van der Waals surface area contributed by atoms with Crippen LogP contribution in [0.3, 0.4) is 0 Å². The third kappa shape index (κ3) is 3.75. The van der Waals surface area contributed by atoms with Crippen LogP contribution in [0.5, 0.6) is 5.19 Å². The monoisotopic (exact) mass is 532 g/mol. The summed E-state index contributed by atoms with van der Waals surface area (Å²) in [5.41, 5.74) is 7.48. The average molecular weight is 533 g/mol. The van der Waals surface area contributed by atoms with Gasteiger partial charge in [0, 0.05) is 6.20 Å². The zero-order valence-electron chi connectivity index (χ0n) is 20.0. The molecular formula is C25H18F2N8O2S. The SMILES string of the molecule is COc1ncc(-c2nn(C(C)c3nc4ccc(F)cn4c(=O)c3-c3cccc(F)c3)c3ncnc(N)c23)s1. The molecule has 2 N–H and O–H groups in total. The number of nitrogen functional groups attached to an aromatic ring is 1. The Hall–Kier alpha value is -4.78. The molecule has 0 radical (unpaired) electrons. The van der Waals surface area contributed by atoms with Crippen molar-refractivity contribution in [3.8, 4) is 26.9 Å². The van der Waals surface area contributed by atoms with E-state index < -0.39 is 23.2 Å². The van der Waals surface area contributed by atoms with Crippen LogP contribution in [-0.2, 0) is 0 Å². The van der Waals surface area contributed by atoms with Crippen molar-refractivity contribution in [2.24, 2.45) is 0 Å². The molecule has 6 aromatic rings. The summed E-state index contributed by atoms with van der Waals surface area (Å²) < 4.78 is 36.2. The number of hydrogen-bond acceptors (Lipinski definition) is 9. The van der Waals surface area contributed by atoms with E-state index in [1.54, 1.807) is 23.9 Å². The predicted octanol–water partition coefficient (Wildman–Crippen LogP) is 4.10. The number of thiazole rings is 1. The maximum atomic E-state index is 14.2. The zero-order chi connectivity index (χ0) is 26.6. The van der Waals surface area contributed by atoms with Gasteiger partial charge in [-0.15, -0.1) is 0 Å². The topological polar surface area (TPSA) is 126 Å². The van der Waals surface area contributed by atoms with Crippen LogP contribution in [0, 0.1) is 11.6 Å². The molecule has 5 heterocycles. The van der Waals surface area contributed by atoms with E-state index in [0.717, 1.165) is 10.6 Å². The summed E-state index contributed by atoms with van der Waals surface area (Å²) in [5, 5.41) is 5.73. The van der Waals surface area contributed by atoms with E-state index in [0.29, 0.717) is 38.1 Å². The highest BCUT2D eigenvalue weighted by Crippen LogP contribution is 2.38. The molecule has 38 heavy (non-hydrogen) atoms. The lowest BCUT2D eigenvalue weighted by atomic mass is 10.0. The number of anilines is 1. The molecule has 0 aliphatic carbocycles. The maximum Gasteiger partial charge on any atom is 0.273 e. The van der Waals surface area contributed by atoms with Crippen molar-refractivity contribution < 1.29 is 13.5 Å². The number of rotatable bonds is 5. The van der Waals surface area contributed by atoms with Gasteiger partial charge in [0.25, 0.3) is 10.8 Å². The maximum absolute atomic E-state index is 14.2. The van der Waals surface area contributed by atoms with E-state index in [1.165, 1.54) is 55.1 Å². The molecule has 0 fully saturated rings. The third-order valence-electron chi connectivity index (χ3n) is 6.10. The van der Waals surface area contributed by atoms with Crippen molar-refractivity contribution in [2.75, 3.05) is 12.8 Å².